The van der Waals surface area contributed by atoms with Crippen molar-refractivity contribution >= 4 is 27.2 Å². The second kappa shape index (κ2) is 6.20. The molecule has 0 aliphatic rings. The Hall–Kier alpha value is -1.65. The molecule has 2 aromatic rings. The zero-order chi connectivity index (χ0) is 14.6. The van der Waals surface area contributed by atoms with Crippen molar-refractivity contribution in [2.24, 2.45) is 0 Å². The Labute approximate surface area is 123 Å². The lowest BCUT2D eigenvalue weighted by atomic mass is 10.1. The molecule has 104 valence electrons. The van der Waals surface area contributed by atoms with Crippen LogP contribution in [0.5, 0.6) is 0 Å². The Bertz CT molecular complexity index is 709. The van der Waals surface area contributed by atoms with Gasteiger partial charge in [0.15, 0.2) is 15.6 Å². The summed E-state index contributed by atoms with van der Waals surface area (Å²) in [5, 5.41) is 0.180. The van der Waals surface area contributed by atoms with Gasteiger partial charge in [-0.3, -0.25) is 4.79 Å². The minimum atomic E-state index is -3.55. The van der Waals surface area contributed by atoms with Crippen molar-refractivity contribution in [3.63, 3.8) is 0 Å². The second-order valence-corrected chi connectivity index (χ2v) is 6.77. The Morgan fingerprint density at radius 3 is 2.20 bits per heavy atom. The third-order valence-electron chi connectivity index (χ3n) is 2.87. The molecule has 5 heteroatoms. The lowest BCUT2D eigenvalue weighted by Crippen LogP contribution is -2.12. The highest BCUT2D eigenvalue weighted by atomic mass is 35.5. The lowest BCUT2D eigenvalue weighted by Gasteiger charge is -2.06. The third kappa shape index (κ3) is 3.46. The van der Waals surface area contributed by atoms with E-state index in [0.29, 0.717) is 5.56 Å². The molecular formula is C15H13ClO3S. The molecule has 0 bridgehead atoms. The molecule has 0 amide bonds. The molecule has 0 atom stereocenters. The van der Waals surface area contributed by atoms with Gasteiger partial charge in [0, 0.05) is 12.0 Å². The number of carbonyl (C=O) groups is 1. The van der Waals surface area contributed by atoms with Crippen LogP contribution in [0, 0.1) is 0 Å². The summed E-state index contributed by atoms with van der Waals surface area (Å²) in [4.78, 5) is 12.0. The molecule has 0 saturated heterocycles. The van der Waals surface area contributed by atoms with Crippen LogP contribution in [-0.2, 0) is 9.84 Å². The van der Waals surface area contributed by atoms with Crippen LogP contribution < -0.4 is 0 Å². The third-order valence-corrected chi connectivity index (χ3v) is 5.07. The van der Waals surface area contributed by atoms with Gasteiger partial charge in [0.1, 0.15) is 0 Å². The summed E-state index contributed by atoms with van der Waals surface area (Å²) in [6, 6.07) is 14.9. The maximum atomic E-state index is 12.2. The first kappa shape index (κ1) is 14.8. The van der Waals surface area contributed by atoms with E-state index in [2.05, 4.69) is 0 Å². The maximum Gasteiger partial charge on any atom is 0.180 e. The molecule has 3 nitrogen and oxygen atoms in total. The molecule has 0 N–H and O–H groups in total. The molecule has 0 aromatic heterocycles. The first-order valence-electron chi connectivity index (χ1n) is 6.06. The predicted octanol–water partition coefficient (Wildman–Crippen LogP) is 3.39. The topological polar surface area (TPSA) is 51.2 Å². The summed E-state index contributed by atoms with van der Waals surface area (Å²) >= 11 is 5.88. The number of carbonyl (C=O) groups excluding carboxylic acids is 1. The fourth-order valence-electron chi connectivity index (χ4n) is 1.80. The molecule has 20 heavy (non-hydrogen) atoms. The Kier molecular flexibility index (Phi) is 4.57. The van der Waals surface area contributed by atoms with Crippen LogP contribution in [0.15, 0.2) is 59.5 Å². The van der Waals surface area contributed by atoms with E-state index in [1.54, 1.807) is 42.5 Å². The summed E-state index contributed by atoms with van der Waals surface area (Å²) < 4.78 is 24.3. The molecule has 0 fully saturated rings. The predicted molar refractivity (Wildman–Crippen MR) is 78.9 cm³/mol. The Balaban J connectivity index is 2.11. The molecule has 0 radical (unpaired) electrons. The van der Waals surface area contributed by atoms with Crippen LogP contribution in [0.25, 0.3) is 0 Å². The minimum absolute atomic E-state index is 0.0580. The lowest BCUT2D eigenvalue weighted by molar-refractivity contribution is 0.0989. The molecule has 0 unspecified atom stereocenters. The van der Waals surface area contributed by atoms with Gasteiger partial charge in [-0.2, -0.15) is 0 Å². The molecule has 2 rings (SSSR count). The van der Waals surface area contributed by atoms with Gasteiger partial charge >= 0.3 is 0 Å². The Morgan fingerprint density at radius 2 is 1.55 bits per heavy atom. The zero-order valence-electron chi connectivity index (χ0n) is 10.6. The average Bonchev–Trinajstić information content (AvgIpc) is 2.46. The summed E-state index contributed by atoms with van der Waals surface area (Å²) in [5.74, 6) is -0.439. The summed E-state index contributed by atoms with van der Waals surface area (Å²) in [5.41, 5.74) is 0.516. The van der Waals surface area contributed by atoms with Crippen molar-refractivity contribution < 1.29 is 13.2 Å². The van der Waals surface area contributed by atoms with Gasteiger partial charge in [-0.05, 0) is 12.1 Å². The van der Waals surface area contributed by atoms with Gasteiger partial charge in [0.2, 0.25) is 0 Å². The van der Waals surface area contributed by atoms with Crippen LogP contribution in [0.1, 0.15) is 16.8 Å². The van der Waals surface area contributed by atoms with E-state index in [1.807, 2.05) is 0 Å². The number of benzene rings is 2. The molecule has 0 spiro atoms. The van der Waals surface area contributed by atoms with E-state index in [-0.39, 0.29) is 27.9 Å². The van der Waals surface area contributed by atoms with Gasteiger partial charge < -0.3 is 0 Å². The summed E-state index contributed by atoms with van der Waals surface area (Å²) in [6.07, 6.45) is -0.0580. The molecule has 2 aromatic carbocycles. The van der Waals surface area contributed by atoms with Gasteiger partial charge in [-0.15, -0.1) is 0 Å². The number of Topliss-reactive ketones (excluding diaryl/α,β-unsaturated/α-hetero) is 1. The number of rotatable bonds is 5. The summed E-state index contributed by atoms with van der Waals surface area (Å²) in [7, 11) is -3.55. The van der Waals surface area contributed by atoms with Crippen molar-refractivity contribution in [1.29, 1.82) is 0 Å². The van der Waals surface area contributed by atoms with Crippen molar-refractivity contribution in [2.75, 3.05) is 5.75 Å². The van der Waals surface area contributed by atoms with Gasteiger partial charge in [-0.25, -0.2) is 8.42 Å². The van der Waals surface area contributed by atoms with Crippen molar-refractivity contribution in [3.8, 4) is 0 Å². The largest absolute Gasteiger partial charge is 0.294 e. The van der Waals surface area contributed by atoms with E-state index in [9.17, 15) is 13.2 Å². The number of sulfone groups is 1. The zero-order valence-corrected chi connectivity index (χ0v) is 12.2. The normalized spacial score (nSPS) is 11.2. The van der Waals surface area contributed by atoms with Crippen LogP contribution in [0.3, 0.4) is 0 Å². The fraction of sp³-hybridized carbons (Fsp3) is 0.133. The number of hydrogen-bond acceptors (Lipinski definition) is 3. The highest BCUT2D eigenvalue weighted by molar-refractivity contribution is 7.91. The molecular weight excluding hydrogens is 296 g/mol. The SMILES string of the molecule is O=C(CCS(=O)(=O)c1ccccc1Cl)c1ccccc1. The highest BCUT2D eigenvalue weighted by Crippen LogP contribution is 2.22. The maximum absolute atomic E-state index is 12.2. The van der Waals surface area contributed by atoms with Crippen LogP contribution >= 0.6 is 11.6 Å². The van der Waals surface area contributed by atoms with Crippen LogP contribution in [0.2, 0.25) is 5.02 Å². The van der Waals surface area contributed by atoms with Crippen molar-refractivity contribution in [1.82, 2.24) is 0 Å². The van der Waals surface area contributed by atoms with Gasteiger partial charge in [-0.1, -0.05) is 54.1 Å². The number of halogens is 1. The summed E-state index contributed by atoms with van der Waals surface area (Å²) in [6.45, 7) is 0. The van der Waals surface area contributed by atoms with Crippen LogP contribution in [-0.4, -0.2) is 20.0 Å². The fourth-order valence-corrected chi connectivity index (χ4v) is 3.62. The first-order chi connectivity index (χ1) is 9.50. The minimum Gasteiger partial charge on any atom is -0.294 e. The average molecular weight is 309 g/mol. The first-order valence-corrected chi connectivity index (χ1v) is 8.09. The number of hydrogen-bond donors (Lipinski definition) is 0. The smallest absolute Gasteiger partial charge is 0.180 e. The second-order valence-electron chi connectivity index (χ2n) is 4.29. The monoisotopic (exact) mass is 308 g/mol. The molecule has 0 aliphatic heterocycles. The van der Waals surface area contributed by atoms with E-state index < -0.39 is 9.84 Å². The quantitative estimate of drug-likeness (QED) is 0.796. The van der Waals surface area contributed by atoms with E-state index in [0.717, 1.165) is 0 Å². The standard InChI is InChI=1S/C15H13ClO3S/c16-13-8-4-5-9-15(13)20(18,19)11-10-14(17)12-6-2-1-3-7-12/h1-9H,10-11H2. The van der Waals surface area contributed by atoms with E-state index in [4.69, 9.17) is 11.6 Å². The van der Waals surface area contributed by atoms with Gasteiger partial charge in [0.05, 0.1) is 15.7 Å². The van der Waals surface area contributed by atoms with Gasteiger partial charge in [0.25, 0.3) is 0 Å². The Morgan fingerprint density at radius 1 is 0.950 bits per heavy atom. The highest BCUT2D eigenvalue weighted by Gasteiger charge is 2.19. The molecule has 0 heterocycles. The number of ketones is 1. The molecule has 0 saturated carbocycles. The van der Waals surface area contributed by atoms with Crippen molar-refractivity contribution in [3.05, 3.63) is 65.2 Å². The molecule has 0 aliphatic carbocycles. The van der Waals surface area contributed by atoms with E-state index in [1.165, 1.54) is 12.1 Å². The van der Waals surface area contributed by atoms with Crippen LogP contribution in [0.4, 0.5) is 0 Å². The van der Waals surface area contributed by atoms with E-state index >= 15 is 0 Å². The van der Waals surface area contributed by atoms with Crippen molar-refractivity contribution in [2.45, 2.75) is 11.3 Å².